The minimum absolute atomic E-state index is 0.0606. The van der Waals surface area contributed by atoms with Gasteiger partial charge in [0.2, 0.25) is 0 Å². The predicted molar refractivity (Wildman–Crippen MR) is 88.8 cm³/mol. The molecule has 122 valence electrons. The van der Waals surface area contributed by atoms with Crippen LogP contribution in [-0.2, 0) is 19.0 Å². The van der Waals surface area contributed by atoms with Crippen LogP contribution in [0.15, 0.2) is 30.3 Å². The van der Waals surface area contributed by atoms with E-state index in [0.717, 1.165) is 0 Å². The van der Waals surface area contributed by atoms with E-state index in [1.54, 1.807) is 0 Å². The third-order valence-electron chi connectivity index (χ3n) is 4.44. The summed E-state index contributed by atoms with van der Waals surface area (Å²) in [5.41, 5.74) is -0.151. The molecule has 0 N–H and O–H groups in total. The van der Waals surface area contributed by atoms with Crippen LogP contribution in [0.4, 0.5) is 0 Å². The molecule has 2 atom stereocenters. The molecule has 0 bridgehead atoms. The second-order valence-corrected chi connectivity index (χ2v) is 11.6. The summed E-state index contributed by atoms with van der Waals surface area (Å²) >= 11 is 0. The number of ether oxygens (including phenoxy) is 3. The van der Waals surface area contributed by atoms with E-state index in [4.69, 9.17) is 14.2 Å². The Bertz CT molecular complexity index is 513. The van der Waals surface area contributed by atoms with Gasteiger partial charge in [-0.2, -0.15) is 0 Å². The summed E-state index contributed by atoms with van der Waals surface area (Å²) in [6.07, 6.45) is 0.583. The Hall–Kier alpha value is -1.17. The molecule has 0 aliphatic carbocycles. The first kappa shape index (κ1) is 17.2. The number of hydrogen-bond donors (Lipinski definition) is 0. The molecule has 4 nitrogen and oxygen atoms in total. The highest BCUT2D eigenvalue weighted by Crippen LogP contribution is 2.33. The van der Waals surface area contributed by atoms with Gasteiger partial charge in [0.15, 0.2) is 5.79 Å². The Morgan fingerprint density at radius 1 is 1.36 bits per heavy atom. The Morgan fingerprint density at radius 3 is 2.50 bits per heavy atom. The van der Waals surface area contributed by atoms with Crippen LogP contribution in [-0.4, -0.2) is 39.7 Å². The smallest absolute Gasteiger partial charge is 0.306 e. The van der Waals surface area contributed by atoms with E-state index in [9.17, 15) is 4.79 Å². The number of rotatable bonds is 5. The third kappa shape index (κ3) is 3.77. The van der Waals surface area contributed by atoms with Crippen LogP contribution in [0.1, 0.15) is 20.3 Å². The van der Waals surface area contributed by atoms with Crippen molar-refractivity contribution in [2.45, 2.75) is 50.8 Å². The summed E-state index contributed by atoms with van der Waals surface area (Å²) in [6, 6.07) is 10.3. The van der Waals surface area contributed by atoms with Crippen molar-refractivity contribution >= 4 is 19.2 Å². The number of carbonyl (C=O) groups is 1. The lowest BCUT2D eigenvalue weighted by Crippen LogP contribution is -2.50. The van der Waals surface area contributed by atoms with Gasteiger partial charge in [0, 0.05) is 0 Å². The Balaban J connectivity index is 2.21. The fraction of sp³-hybridized carbons (Fsp3) is 0.588. The molecular formula is C17H26O4Si. The minimum Gasteiger partial charge on any atom is -0.469 e. The molecule has 1 aliphatic rings. The Morgan fingerprint density at radius 2 is 2.00 bits per heavy atom. The Kier molecular flexibility index (Phi) is 5.09. The maximum Gasteiger partial charge on any atom is 0.306 e. The molecule has 0 aromatic heterocycles. The molecule has 1 saturated heterocycles. The van der Waals surface area contributed by atoms with Crippen LogP contribution in [0, 0.1) is 0 Å². The summed E-state index contributed by atoms with van der Waals surface area (Å²) in [4.78, 5) is 12.4. The van der Waals surface area contributed by atoms with Crippen molar-refractivity contribution in [2.24, 2.45) is 0 Å². The van der Waals surface area contributed by atoms with E-state index >= 15 is 0 Å². The number of benzene rings is 1. The van der Waals surface area contributed by atoms with Gasteiger partial charge in [-0.05, 0) is 20.3 Å². The van der Waals surface area contributed by atoms with Crippen molar-refractivity contribution in [3.05, 3.63) is 30.3 Å². The molecule has 1 aromatic rings. The van der Waals surface area contributed by atoms with Crippen molar-refractivity contribution in [1.82, 2.24) is 0 Å². The van der Waals surface area contributed by atoms with Crippen LogP contribution in [0.25, 0.3) is 0 Å². The van der Waals surface area contributed by atoms with E-state index in [2.05, 4.69) is 25.2 Å². The fourth-order valence-electron chi connectivity index (χ4n) is 3.04. The number of methoxy groups -OCH3 is 1. The van der Waals surface area contributed by atoms with E-state index in [0.29, 0.717) is 13.0 Å². The summed E-state index contributed by atoms with van der Waals surface area (Å²) in [6.45, 7) is 8.76. The number of esters is 1. The fourth-order valence-corrected chi connectivity index (χ4v) is 6.05. The maximum absolute atomic E-state index is 12.4. The van der Waals surface area contributed by atoms with Crippen molar-refractivity contribution in [2.75, 3.05) is 13.7 Å². The molecule has 0 spiro atoms. The molecular weight excluding hydrogens is 296 g/mol. The monoisotopic (exact) mass is 322 g/mol. The summed E-state index contributed by atoms with van der Waals surface area (Å²) in [5.74, 6) is -0.710. The minimum atomic E-state index is -2.02. The van der Waals surface area contributed by atoms with Crippen LogP contribution in [0.5, 0.6) is 0 Å². The summed E-state index contributed by atoms with van der Waals surface area (Å²) < 4.78 is 16.6. The second-order valence-electron chi connectivity index (χ2n) is 6.85. The van der Waals surface area contributed by atoms with Crippen molar-refractivity contribution in [1.29, 1.82) is 0 Å². The van der Waals surface area contributed by atoms with Gasteiger partial charge in [-0.25, -0.2) is 0 Å². The topological polar surface area (TPSA) is 44.8 Å². The van der Waals surface area contributed by atoms with E-state index < -0.39 is 13.9 Å². The van der Waals surface area contributed by atoms with Crippen molar-refractivity contribution < 1.29 is 19.0 Å². The van der Waals surface area contributed by atoms with Gasteiger partial charge in [0.1, 0.15) is 0 Å². The van der Waals surface area contributed by atoms with Crippen molar-refractivity contribution in [3.8, 4) is 0 Å². The summed E-state index contributed by atoms with van der Waals surface area (Å²) in [7, 11) is -0.558. The van der Waals surface area contributed by atoms with Crippen molar-refractivity contribution in [3.63, 3.8) is 0 Å². The first-order valence-electron chi connectivity index (χ1n) is 7.71. The number of carbonyl (C=O) groups excluding carboxylic acids is 1. The molecule has 1 heterocycles. The molecule has 0 unspecified atom stereocenters. The van der Waals surface area contributed by atoms with E-state index in [1.807, 2.05) is 32.0 Å². The largest absolute Gasteiger partial charge is 0.469 e. The van der Waals surface area contributed by atoms with Gasteiger partial charge in [0.05, 0.1) is 33.4 Å². The Labute approximate surface area is 133 Å². The van der Waals surface area contributed by atoms with Gasteiger partial charge in [-0.3, -0.25) is 4.79 Å². The van der Waals surface area contributed by atoms with Gasteiger partial charge in [-0.15, -0.1) is 0 Å². The van der Waals surface area contributed by atoms with E-state index in [1.165, 1.54) is 12.3 Å². The zero-order chi connectivity index (χ0) is 16.4. The average molecular weight is 322 g/mol. The van der Waals surface area contributed by atoms with Gasteiger partial charge < -0.3 is 14.2 Å². The molecule has 0 saturated carbocycles. The highest BCUT2D eigenvalue weighted by Gasteiger charge is 2.43. The first-order valence-corrected chi connectivity index (χ1v) is 10.8. The normalized spacial score (nSPS) is 22.3. The lowest BCUT2D eigenvalue weighted by Gasteiger charge is -2.32. The first-order chi connectivity index (χ1) is 10.3. The molecule has 2 rings (SSSR count). The molecule has 5 heteroatoms. The van der Waals surface area contributed by atoms with Crippen LogP contribution < -0.4 is 5.19 Å². The summed E-state index contributed by atoms with van der Waals surface area (Å²) in [5, 5.41) is 1.25. The third-order valence-corrected chi connectivity index (χ3v) is 8.48. The molecule has 0 radical (unpaired) electrons. The molecule has 22 heavy (non-hydrogen) atoms. The molecule has 1 aliphatic heterocycles. The zero-order valence-corrected chi connectivity index (χ0v) is 15.1. The second kappa shape index (κ2) is 6.52. The van der Waals surface area contributed by atoms with Gasteiger partial charge in [-0.1, -0.05) is 48.6 Å². The molecule has 0 amide bonds. The molecule has 1 fully saturated rings. The lowest BCUT2D eigenvalue weighted by atomic mass is 10.2. The predicted octanol–water partition coefficient (Wildman–Crippen LogP) is 2.69. The SMILES string of the molecule is COC(=O)[C@H](C[C@@H]1COC(C)(C)O1)[Si](C)(C)c1ccccc1. The average Bonchev–Trinajstić information content (AvgIpc) is 2.84. The van der Waals surface area contributed by atoms with Gasteiger partial charge >= 0.3 is 5.97 Å². The van der Waals surface area contributed by atoms with Crippen LogP contribution in [0.3, 0.4) is 0 Å². The van der Waals surface area contributed by atoms with Crippen LogP contribution >= 0.6 is 0 Å². The van der Waals surface area contributed by atoms with Gasteiger partial charge in [0.25, 0.3) is 0 Å². The number of hydrogen-bond acceptors (Lipinski definition) is 4. The molecule has 1 aromatic carbocycles. The standard InChI is InChI=1S/C17H26O4Si/c1-17(2)20-12-13(21-17)11-15(16(18)19-3)22(4,5)14-9-7-6-8-10-14/h6-10,13,15H,11-12H2,1-5H3/t13-,15+/m1/s1. The quantitative estimate of drug-likeness (QED) is 0.617. The highest BCUT2D eigenvalue weighted by molar-refractivity contribution is 6.93. The van der Waals surface area contributed by atoms with E-state index in [-0.39, 0.29) is 17.6 Å². The lowest BCUT2D eigenvalue weighted by molar-refractivity contribution is -0.146. The zero-order valence-electron chi connectivity index (χ0n) is 14.1. The van der Waals surface area contributed by atoms with Crippen LogP contribution in [0.2, 0.25) is 18.6 Å². The maximum atomic E-state index is 12.4. The highest BCUT2D eigenvalue weighted by atomic mass is 28.3.